The van der Waals surface area contributed by atoms with Crippen LogP contribution in [0.1, 0.15) is 40.5 Å². The summed E-state index contributed by atoms with van der Waals surface area (Å²) in [7, 11) is 0. The van der Waals surface area contributed by atoms with E-state index in [0.29, 0.717) is 0 Å². The van der Waals surface area contributed by atoms with E-state index >= 15 is 0 Å². The molecule has 0 radical (unpaired) electrons. The van der Waals surface area contributed by atoms with Crippen molar-refractivity contribution >= 4 is 30.7 Å². The summed E-state index contributed by atoms with van der Waals surface area (Å²) in [6, 6.07) is -0.0798. The third-order valence-electron chi connectivity index (χ3n) is 4.10. The first kappa shape index (κ1) is 23.2. The van der Waals surface area contributed by atoms with E-state index in [1.54, 1.807) is 0 Å². The second kappa shape index (κ2) is 11.5. The Kier molecular flexibility index (Phi) is 12.8. The molecule has 0 spiro atoms. The van der Waals surface area contributed by atoms with Gasteiger partial charge in [0.2, 0.25) is 5.91 Å². The van der Waals surface area contributed by atoms with E-state index in [1.807, 2.05) is 13.8 Å². The molecule has 21 heavy (non-hydrogen) atoms. The van der Waals surface area contributed by atoms with E-state index < -0.39 is 0 Å². The Bertz CT molecular complexity index is 280. The molecule has 128 valence electrons. The number of halogens is 2. The van der Waals surface area contributed by atoms with Crippen LogP contribution in [0.4, 0.5) is 0 Å². The number of nitrogens with one attached hydrogen (secondary N) is 1. The lowest BCUT2D eigenvalue weighted by Gasteiger charge is -2.35. The first-order chi connectivity index (χ1) is 8.90. The van der Waals surface area contributed by atoms with Crippen LogP contribution < -0.4 is 11.1 Å². The molecule has 1 amide bonds. The summed E-state index contributed by atoms with van der Waals surface area (Å²) in [6.07, 6.45) is 2.37. The molecule has 0 bridgehead atoms. The Hall–Kier alpha value is -0.0300. The summed E-state index contributed by atoms with van der Waals surface area (Å²) in [5, 5.41) is 2.98. The SMILES string of the molecule is CC1CC(C)CN(CCCNC(=O)C(C)C(C)N)C1.Cl.Cl. The van der Waals surface area contributed by atoms with Crippen molar-refractivity contribution < 1.29 is 4.79 Å². The Labute approximate surface area is 142 Å². The second-order valence-corrected chi connectivity index (χ2v) is 6.50. The number of amides is 1. The highest BCUT2D eigenvalue weighted by Crippen LogP contribution is 2.20. The van der Waals surface area contributed by atoms with Crippen LogP contribution in [-0.2, 0) is 4.79 Å². The van der Waals surface area contributed by atoms with Crippen LogP contribution in [0.2, 0.25) is 0 Å². The molecule has 6 heteroatoms. The highest BCUT2D eigenvalue weighted by molar-refractivity contribution is 5.85. The Morgan fingerprint density at radius 2 is 1.76 bits per heavy atom. The predicted octanol–water partition coefficient (Wildman–Crippen LogP) is 2.30. The molecule has 4 unspecified atom stereocenters. The number of piperidine rings is 1. The zero-order valence-corrected chi connectivity index (χ0v) is 15.4. The molecule has 1 heterocycles. The zero-order valence-electron chi connectivity index (χ0n) is 13.8. The number of hydrogen-bond acceptors (Lipinski definition) is 3. The monoisotopic (exact) mass is 341 g/mol. The number of nitrogens with two attached hydrogens (primary N) is 1. The van der Waals surface area contributed by atoms with Gasteiger partial charge in [0.25, 0.3) is 0 Å². The molecule has 1 aliphatic rings. The number of likely N-dealkylation sites (tertiary alicyclic amines) is 1. The van der Waals surface area contributed by atoms with Gasteiger partial charge in [-0.15, -0.1) is 24.8 Å². The fourth-order valence-corrected chi connectivity index (χ4v) is 2.89. The van der Waals surface area contributed by atoms with Crippen molar-refractivity contribution in [2.24, 2.45) is 23.5 Å². The first-order valence-corrected chi connectivity index (χ1v) is 7.65. The third kappa shape index (κ3) is 8.87. The van der Waals surface area contributed by atoms with E-state index in [-0.39, 0.29) is 42.7 Å². The average molecular weight is 342 g/mol. The third-order valence-corrected chi connectivity index (χ3v) is 4.10. The number of carbonyl (C=O) groups excluding carboxylic acids is 1. The maximum absolute atomic E-state index is 11.7. The van der Waals surface area contributed by atoms with E-state index in [9.17, 15) is 4.79 Å². The van der Waals surface area contributed by atoms with Crippen LogP contribution in [-0.4, -0.2) is 43.0 Å². The fraction of sp³-hybridized carbons (Fsp3) is 0.933. The minimum Gasteiger partial charge on any atom is -0.356 e. The van der Waals surface area contributed by atoms with Crippen LogP contribution in [0.3, 0.4) is 0 Å². The topological polar surface area (TPSA) is 58.4 Å². The van der Waals surface area contributed by atoms with Crippen LogP contribution >= 0.6 is 24.8 Å². The fourth-order valence-electron chi connectivity index (χ4n) is 2.89. The van der Waals surface area contributed by atoms with Gasteiger partial charge < -0.3 is 16.0 Å². The molecule has 0 aromatic heterocycles. The highest BCUT2D eigenvalue weighted by atomic mass is 35.5. The number of carbonyl (C=O) groups is 1. The van der Waals surface area contributed by atoms with Crippen molar-refractivity contribution in [1.82, 2.24) is 10.2 Å². The van der Waals surface area contributed by atoms with Crippen molar-refractivity contribution in [3.63, 3.8) is 0 Å². The van der Waals surface area contributed by atoms with Gasteiger partial charge in [-0.1, -0.05) is 20.8 Å². The van der Waals surface area contributed by atoms with E-state index in [4.69, 9.17) is 5.73 Å². The summed E-state index contributed by atoms with van der Waals surface area (Å²) in [5.74, 6) is 1.58. The maximum atomic E-state index is 11.7. The van der Waals surface area contributed by atoms with E-state index in [1.165, 1.54) is 19.5 Å². The molecule has 4 nitrogen and oxygen atoms in total. The minimum absolute atomic E-state index is 0. The van der Waals surface area contributed by atoms with Gasteiger partial charge in [0.05, 0.1) is 0 Å². The van der Waals surface area contributed by atoms with Gasteiger partial charge in [0.15, 0.2) is 0 Å². The molecular weight excluding hydrogens is 309 g/mol. The lowest BCUT2D eigenvalue weighted by Crippen LogP contribution is -2.41. The smallest absolute Gasteiger partial charge is 0.224 e. The molecule has 1 aliphatic heterocycles. The van der Waals surface area contributed by atoms with Crippen LogP contribution in [0, 0.1) is 17.8 Å². The van der Waals surface area contributed by atoms with E-state index in [0.717, 1.165) is 31.3 Å². The van der Waals surface area contributed by atoms with Gasteiger partial charge in [-0.25, -0.2) is 0 Å². The molecule has 0 saturated carbocycles. The highest BCUT2D eigenvalue weighted by Gasteiger charge is 2.21. The van der Waals surface area contributed by atoms with Gasteiger partial charge in [0, 0.05) is 31.6 Å². The Balaban J connectivity index is 0. The van der Waals surface area contributed by atoms with Gasteiger partial charge >= 0.3 is 0 Å². The quantitative estimate of drug-likeness (QED) is 0.728. The van der Waals surface area contributed by atoms with E-state index in [2.05, 4.69) is 24.1 Å². The second-order valence-electron chi connectivity index (χ2n) is 6.50. The van der Waals surface area contributed by atoms with Crippen molar-refractivity contribution in [3.05, 3.63) is 0 Å². The average Bonchev–Trinajstić information content (AvgIpc) is 2.32. The molecular formula is C15H33Cl2N3O. The Morgan fingerprint density at radius 3 is 2.24 bits per heavy atom. The van der Waals surface area contributed by atoms with Crippen LogP contribution in [0.25, 0.3) is 0 Å². The van der Waals surface area contributed by atoms with Gasteiger partial charge in [0.1, 0.15) is 0 Å². The number of rotatable bonds is 6. The normalized spacial score (nSPS) is 25.2. The van der Waals surface area contributed by atoms with Crippen LogP contribution in [0.15, 0.2) is 0 Å². The van der Waals surface area contributed by atoms with Crippen molar-refractivity contribution in [3.8, 4) is 0 Å². The predicted molar refractivity (Wildman–Crippen MR) is 94.3 cm³/mol. The summed E-state index contributed by atoms with van der Waals surface area (Å²) in [4.78, 5) is 14.3. The van der Waals surface area contributed by atoms with Crippen molar-refractivity contribution in [1.29, 1.82) is 0 Å². The lowest BCUT2D eigenvalue weighted by molar-refractivity contribution is -0.124. The van der Waals surface area contributed by atoms with Crippen LogP contribution in [0.5, 0.6) is 0 Å². The molecule has 1 rings (SSSR count). The molecule has 3 N–H and O–H groups in total. The first-order valence-electron chi connectivity index (χ1n) is 7.65. The van der Waals surface area contributed by atoms with Gasteiger partial charge in [-0.2, -0.15) is 0 Å². The summed E-state index contributed by atoms with van der Waals surface area (Å²) < 4.78 is 0. The molecule has 1 saturated heterocycles. The largest absolute Gasteiger partial charge is 0.356 e. The minimum atomic E-state index is -0.102. The van der Waals surface area contributed by atoms with Crippen molar-refractivity contribution in [2.75, 3.05) is 26.2 Å². The zero-order chi connectivity index (χ0) is 14.4. The molecule has 4 atom stereocenters. The van der Waals surface area contributed by atoms with Gasteiger partial charge in [-0.05, 0) is 38.1 Å². The maximum Gasteiger partial charge on any atom is 0.224 e. The summed E-state index contributed by atoms with van der Waals surface area (Å²) in [5.41, 5.74) is 5.72. The standard InChI is InChI=1S/C15H31N3O.2ClH/c1-11-8-12(2)10-18(9-11)7-5-6-17-15(19)13(3)14(4)16;;/h11-14H,5-10,16H2,1-4H3,(H,17,19);2*1H. The van der Waals surface area contributed by atoms with Gasteiger partial charge in [-0.3, -0.25) is 4.79 Å². The summed E-state index contributed by atoms with van der Waals surface area (Å²) >= 11 is 0. The van der Waals surface area contributed by atoms with Crippen molar-refractivity contribution in [2.45, 2.75) is 46.6 Å². The molecule has 0 aromatic rings. The number of nitrogens with zero attached hydrogens (tertiary/aromatic N) is 1. The molecule has 1 fully saturated rings. The Morgan fingerprint density at radius 1 is 1.24 bits per heavy atom. The molecule has 0 aliphatic carbocycles. The molecule has 0 aromatic carbocycles. The lowest BCUT2D eigenvalue weighted by atomic mass is 9.92. The summed E-state index contributed by atoms with van der Waals surface area (Å²) in [6.45, 7) is 12.7. The number of hydrogen-bond donors (Lipinski definition) is 2.